The van der Waals surface area contributed by atoms with Gasteiger partial charge in [-0.1, -0.05) is 24.2 Å². The van der Waals surface area contributed by atoms with Crippen LogP contribution in [0.2, 0.25) is 0 Å². The minimum Gasteiger partial charge on any atom is -0.334 e. The van der Waals surface area contributed by atoms with E-state index >= 15 is 0 Å². The van der Waals surface area contributed by atoms with Crippen LogP contribution in [0.15, 0.2) is 33.7 Å². The summed E-state index contributed by atoms with van der Waals surface area (Å²) in [6.45, 7) is 3.58. The zero-order valence-corrected chi connectivity index (χ0v) is 10.8. The van der Waals surface area contributed by atoms with E-state index in [0.717, 1.165) is 17.0 Å². The third-order valence-electron chi connectivity index (χ3n) is 2.34. The number of hydrogen-bond donors (Lipinski definition) is 1. The second-order valence-electron chi connectivity index (χ2n) is 3.50. The van der Waals surface area contributed by atoms with Crippen LogP contribution in [0.4, 0.5) is 0 Å². The average molecular weight is 249 g/mol. The topological polar surface area (TPSA) is 51.0 Å². The zero-order valence-electron chi connectivity index (χ0n) is 9.93. The molecule has 1 aromatic heterocycles. The molecule has 1 N–H and O–H groups in total. The summed E-state index contributed by atoms with van der Waals surface area (Å²) in [5, 5.41) is 7.12. The van der Waals surface area contributed by atoms with Crippen molar-refractivity contribution in [2.24, 2.45) is 0 Å². The lowest BCUT2D eigenvalue weighted by molar-refractivity contribution is 0.419. The normalized spacial score (nSPS) is 10.7. The molecule has 90 valence electrons. The first kappa shape index (κ1) is 12.1. The van der Waals surface area contributed by atoms with Crippen LogP contribution < -0.4 is 5.32 Å². The molecule has 0 radical (unpaired) electrons. The summed E-state index contributed by atoms with van der Waals surface area (Å²) in [5.41, 5.74) is 0.996. The lowest BCUT2D eigenvalue weighted by atomic mass is 10.2. The number of hydrogen-bond acceptors (Lipinski definition) is 5. The van der Waals surface area contributed by atoms with Gasteiger partial charge in [0.05, 0.1) is 12.1 Å². The fourth-order valence-corrected chi connectivity index (χ4v) is 2.08. The fourth-order valence-electron chi connectivity index (χ4n) is 1.49. The fraction of sp³-hybridized carbons (Fsp3) is 0.333. The summed E-state index contributed by atoms with van der Waals surface area (Å²) in [4.78, 5) is 5.52. The number of nitrogens with zero attached hydrogens (tertiary/aromatic N) is 2. The standard InChI is InChI=1S/C12H15N3OS/c1-3-13-8-11-14-12(16-15-11)9-6-4-5-7-10(9)17-2/h4-7,13H,3,8H2,1-2H3. The molecule has 0 fully saturated rings. The first-order valence-electron chi connectivity index (χ1n) is 5.52. The molecule has 0 unspecified atom stereocenters. The van der Waals surface area contributed by atoms with E-state index < -0.39 is 0 Å². The number of benzene rings is 1. The van der Waals surface area contributed by atoms with Crippen molar-refractivity contribution in [3.8, 4) is 11.5 Å². The van der Waals surface area contributed by atoms with Crippen LogP contribution in [0.3, 0.4) is 0 Å². The highest BCUT2D eigenvalue weighted by Crippen LogP contribution is 2.28. The van der Waals surface area contributed by atoms with Crippen LogP contribution in [0.1, 0.15) is 12.7 Å². The van der Waals surface area contributed by atoms with E-state index in [2.05, 4.69) is 15.5 Å². The van der Waals surface area contributed by atoms with Crippen molar-refractivity contribution in [2.75, 3.05) is 12.8 Å². The lowest BCUT2D eigenvalue weighted by Crippen LogP contribution is -2.12. The molecule has 0 amide bonds. The maximum atomic E-state index is 5.28. The minimum atomic E-state index is 0.586. The molecule has 4 nitrogen and oxygen atoms in total. The van der Waals surface area contributed by atoms with Gasteiger partial charge in [0.1, 0.15) is 0 Å². The largest absolute Gasteiger partial charge is 0.334 e. The Morgan fingerprint density at radius 3 is 2.94 bits per heavy atom. The van der Waals surface area contributed by atoms with Crippen LogP contribution in [0.5, 0.6) is 0 Å². The Bertz CT molecular complexity index is 484. The molecule has 5 heteroatoms. The van der Waals surface area contributed by atoms with Crippen LogP contribution in [-0.4, -0.2) is 22.9 Å². The summed E-state index contributed by atoms with van der Waals surface area (Å²) in [5.74, 6) is 1.28. The Kier molecular flexibility index (Phi) is 4.17. The van der Waals surface area contributed by atoms with Gasteiger partial charge < -0.3 is 9.84 Å². The molecular formula is C12H15N3OS. The van der Waals surface area contributed by atoms with Gasteiger partial charge in [0.2, 0.25) is 0 Å². The molecular weight excluding hydrogens is 234 g/mol. The predicted octanol–water partition coefficient (Wildman–Crippen LogP) is 2.57. The molecule has 1 heterocycles. The van der Waals surface area contributed by atoms with Gasteiger partial charge in [-0.2, -0.15) is 4.98 Å². The Balaban J connectivity index is 2.24. The van der Waals surface area contributed by atoms with Gasteiger partial charge >= 0.3 is 0 Å². The van der Waals surface area contributed by atoms with Crippen molar-refractivity contribution in [1.82, 2.24) is 15.5 Å². The first-order valence-corrected chi connectivity index (χ1v) is 6.74. The van der Waals surface area contributed by atoms with Crippen molar-refractivity contribution in [3.63, 3.8) is 0 Å². The molecule has 0 saturated carbocycles. The molecule has 0 aliphatic carbocycles. The predicted molar refractivity (Wildman–Crippen MR) is 68.9 cm³/mol. The maximum absolute atomic E-state index is 5.28. The van der Waals surface area contributed by atoms with E-state index in [4.69, 9.17) is 4.52 Å². The van der Waals surface area contributed by atoms with E-state index in [-0.39, 0.29) is 0 Å². The number of rotatable bonds is 5. The highest BCUT2D eigenvalue weighted by Gasteiger charge is 2.11. The van der Waals surface area contributed by atoms with Crippen LogP contribution in [0, 0.1) is 0 Å². The summed E-state index contributed by atoms with van der Waals surface area (Å²) >= 11 is 1.67. The van der Waals surface area contributed by atoms with Gasteiger partial charge in [-0.15, -0.1) is 11.8 Å². The maximum Gasteiger partial charge on any atom is 0.259 e. The van der Waals surface area contributed by atoms with E-state index in [1.165, 1.54) is 0 Å². The van der Waals surface area contributed by atoms with Crippen molar-refractivity contribution < 1.29 is 4.52 Å². The van der Waals surface area contributed by atoms with Crippen LogP contribution in [0.25, 0.3) is 11.5 Å². The molecule has 0 spiro atoms. The van der Waals surface area contributed by atoms with Crippen LogP contribution >= 0.6 is 11.8 Å². The van der Waals surface area contributed by atoms with Gasteiger partial charge in [0, 0.05) is 4.90 Å². The van der Waals surface area contributed by atoms with E-state index in [1.54, 1.807) is 11.8 Å². The van der Waals surface area contributed by atoms with Gasteiger partial charge in [-0.25, -0.2) is 0 Å². The smallest absolute Gasteiger partial charge is 0.259 e. The van der Waals surface area contributed by atoms with Gasteiger partial charge in [-0.3, -0.25) is 0 Å². The van der Waals surface area contributed by atoms with E-state index in [9.17, 15) is 0 Å². The average Bonchev–Trinajstić information content (AvgIpc) is 2.85. The Labute approximate surface area is 105 Å². The minimum absolute atomic E-state index is 0.586. The Hall–Kier alpha value is -1.33. The molecule has 2 rings (SSSR count). The zero-order chi connectivity index (χ0) is 12.1. The SMILES string of the molecule is CCNCc1noc(-c2ccccc2SC)n1. The quantitative estimate of drug-likeness (QED) is 0.825. The second kappa shape index (κ2) is 5.84. The third-order valence-corrected chi connectivity index (χ3v) is 3.13. The molecule has 1 aromatic carbocycles. The van der Waals surface area contributed by atoms with E-state index in [1.807, 2.05) is 37.4 Å². The molecule has 0 aliphatic rings. The first-order chi connectivity index (χ1) is 8.35. The third kappa shape index (κ3) is 2.87. The van der Waals surface area contributed by atoms with E-state index in [0.29, 0.717) is 18.3 Å². The Morgan fingerprint density at radius 2 is 2.18 bits per heavy atom. The second-order valence-corrected chi connectivity index (χ2v) is 4.34. The van der Waals surface area contributed by atoms with Gasteiger partial charge in [-0.05, 0) is 24.9 Å². The molecule has 0 aliphatic heterocycles. The van der Waals surface area contributed by atoms with Crippen molar-refractivity contribution in [2.45, 2.75) is 18.4 Å². The van der Waals surface area contributed by atoms with Gasteiger partial charge in [0.15, 0.2) is 5.82 Å². The summed E-state index contributed by atoms with van der Waals surface area (Å²) in [6, 6.07) is 8.03. The monoisotopic (exact) mass is 249 g/mol. The van der Waals surface area contributed by atoms with Gasteiger partial charge in [0.25, 0.3) is 5.89 Å². The summed E-state index contributed by atoms with van der Waals surface area (Å²) < 4.78 is 5.28. The van der Waals surface area contributed by atoms with Crippen molar-refractivity contribution in [1.29, 1.82) is 0 Å². The number of aromatic nitrogens is 2. The van der Waals surface area contributed by atoms with Crippen molar-refractivity contribution >= 4 is 11.8 Å². The molecule has 0 saturated heterocycles. The lowest BCUT2D eigenvalue weighted by Gasteiger charge is -2.00. The summed E-state index contributed by atoms with van der Waals surface area (Å²) in [6.07, 6.45) is 2.04. The highest BCUT2D eigenvalue weighted by atomic mass is 32.2. The number of nitrogens with one attached hydrogen (secondary N) is 1. The number of thioether (sulfide) groups is 1. The van der Waals surface area contributed by atoms with Crippen molar-refractivity contribution in [3.05, 3.63) is 30.1 Å². The van der Waals surface area contributed by atoms with Crippen LogP contribution in [-0.2, 0) is 6.54 Å². The highest BCUT2D eigenvalue weighted by molar-refractivity contribution is 7.98. The molecule has 2 aromatic rings. The Morgan fingerprint density at radius 1 is 1.35 bits per heavy atom. The molecule has 0 atom stereocenters. The molecule has 17 heavy (non-hydrogen) atoms. The molecule has 0 bridgehead atoms. The summed E-state index contributed by atoms with van der Waals surface area (Å²) in [7, 11) is 0.